The van der Waals surface area contributed by atoms with Crippen LogP contribution in [0.1, 0.15) is 57.8 Å². The molecule has 0 aromatic heterocycles. The largest absolute Gasteiger partial charge is 0.353 e. The topological polar surface area (TPSA) is 41.1 Å². The van der Waals surface area contributed by atoms with Crippen molar-refractivity contribution >= 4 is 5.91 Å². The van der Waals surface area contributed by atoms with Crippen molar-refractivity contribution in [2.45, 2.75) is 63.8 Å². The molecule has 108 valence electrons. The lowest BCUT2D eigenvalue weighted by molar-refractivity contribution is -0.126. The van der Waals surface area contributed by atoms with Crippen LogP contribution in [0.25, 0.3) is 0 Å². The van der Waals surface area contributed by atoms with Crippen molar-refractivity contribution in [3.05, 3.63) is 0 Å². The zero-order chi connectivity index (χ0) is 13.1. The van der Waals surface area contributed by atoms with Gasteiger partial charge < -0.3 is 10.6 Å². The Bertz CT molecular complexity index is 284. The molecule has 0 unspecified atom stereocenters. The first-order valence-electron chi connectivity index (χ1n) is 8.35. The zero-order valence-corrected chi connectivity index (χ0v) is 12.0. The third-order valence-electron chi connectivity index (χ3n) is 5.56. The molecule has 0 aromatic carbocycles. The second-order valence-corrected chi connectivity index (χ2v) is 6.81. The lowest BCUT2D eigenvalue weighted by atomic mass is 9.85. The first kappa shape index (κ1) is 13.4. The minimum absolute atomic E-state index is 0.227. The average Bonchev–Trinajstić information content (AvgIpc) is 3.17. The second kappa shape index (κ2) is 6.25. The summed E-state index contributed by atoms with van der Waals surface area (Å²) in [6, 6.07) is 0.484. The maximum atomic E-state index is 12.4. The molecule has 0 spiro atoms. The van der Waals surface area contributed by atoms with Crippen molar-refractivity contribution in [1.82, 2.24) is 10.6 Å². The lowest BCUT2D eigenvalue weighted by Gasteiger charge is -2.31. The van der Waals surface area contributed by atoms with E-state index >= 15 is 0 Å². The molecule has 3 heteroatoms. The van der Waals surface area contributed by atoms with Gasteiger partial charge in [-0.3, -0.25) is 4.79 Å². The van der Waals surface area contributed by atoms with E-state index in [1.54, 1.807) is 0 Å². The summed E-state index contributed by atoms with van der Waals surface area (Å²) in [6.45, 7) is 1.89. The van der Waals surface area contributed by atoms with E-state index < -0.39 is 0 Å². The Hall–Kier alpha value is -0.570. The van der Waals surface area contributed by atoms with Crippen LogP contribution in [0.4, 0.5) is 0 Å². The molecule has 2 N–H and O–H groups in total. The molecule has 0 bridgehead atoms. The lowest BCUT2D eigenvalue weighted by Crippen LogP contribution is -2.46. The van der Waals surface area contributed by atoms with Crippen LogP contribution in [0, 0.1) is 17.8 Å². The van der Waals surface area contributed by atoms with E-state index in [0.29, 0.717) is 11.9 Å². The average molecular weight is 264 g/mol. The first-order valence-corrected chi connectivity index (χ1v) is 8.35. The standard InChI is InChI=1S/C16H28N2O/c19-16(14-9-10-17-11-14)18-15(12-5-1-2-6-12)13-7-3-4-8-13/h12-15,17H,1-11H2,(H,18,19)/t14-/m0/s1. The van der Waals surface area contributed by atoms with Crippen LogP contribution in [0.2, 0.25) is 0 Å². The summed E-state index contributed by atoms with van der Waals surface area (Å²) in [5.41, 5.74) is 0. The summed E-state index contributed by atoms with van der Waals surface area (Å²) in [5.74, 6) is 2.09. The first-order chi connectivity index (χ1) is 9.34. The monoisotopic (exact) mass is 264 g/mol. The number of hydrogen-bond acceptors (Lipinski definition) is 2. The van der Waals surface area contributed by atoms with Gasteiger partial charge in [0.25, 0.3) is 0 Å². The van der Waals surface area contributed by atoms with Gasteiger partial charge in [0, 0.05) is 12.6 Å². The van der Waals surface area contributed by atoms with Crippen LogP contribution in [0.15, 0.2) is 0 Å². The van der Waals surface area contributed by atoms with Crippen LogP contribution >= 0.6 is 0 Å². The minimum Gasteiger partial charge on any atom is -0.353 e. The summed E-state index contributed by atoms with van der Waals surface area (Å²) < 4.78 is 0. The summed E-state index contributed by atoms with van der Waals surface area (Å²) >= 11 is 0. The molecule has 3 rings (SSSR count). The molecule has 3 nitrogen and oxygen atoms in total. The predicted molar refractivity (Wildman–Crippen MR) is 76.8 cm³/mol. The number of carbonyl (C=O) groups is 1. The molecule has 1 amide bonds. The summed E-state index contributed by atoms with van der Waals surface area (Å²) in [5, 5.41) is 6.77. The Labute approximate surface area is 116 Å². The van der Waals surface area contributed by atoms with E-state index in [0.717, 1.165) is 31.3 Å². The van der Waals surface area contributed by atoms with Gasteiger partial charge in [0.2, 0.25) is 5.91 Å². The van der Waals surface area contributed by atoms with Gasteiger partial charge in [0.05, 0.1) is 5.92 Å². The Morgan fingerprint density at radius 3 is 2.00 bits per heavy atom. The molecule has 3 fully saturated rings. The molecule has 3 aliphatic rings. The quantitative estimate of drug-likeness (QED) is 0.819. The van der Waals surface area contributed by atoms with Gasteiger partial charge in [-0.25, -0.2) is 0 Å². The van der Waals surface area contributed by atoms with E-state index in [1.165, 1.54) is 51.4 Å². The molecule has 2 saturated carbocycles. The molecular weight excluding hydrogens is 236 g/mol. The van der Waals surface area contributed by atoms with Gasteiger partial charge in [-0.2, -0.15) is 0 Å². The van der Waals surface area contributed by atoms with Crippen molar-refractivity contribution in [3.63, 3.8) is 0 Å². The van der Waals surface area contributed by atoms with Crippen molar-refractivity contribution in [1.29, 1.82) is 0 Å². The Balaban J connectivity index is 1.62. The van der Waals surface area contributed by atoms with Crippen molar-refractivity contribution in [3.8, 4) is 0 Å². The highest BCUT2D eigenvalue weighted by atomic mass is 16.2. The van der Waals surface area contributed by atoms with Gasteiger partial charge in [-0.1, -0.05) is 25.7 Å². The molecule has 1 aliphatic heterocycles. The molecular formula is C16H28N2O. The Kier molecular flexibility index (Phi) is 4.42. The van der Waals surface area contributed by atoms with Crippen molar-refractivity contribution in [2.75, 3.05) is 13.1 Å². The highest BCUT2D eigenvalue weighted by Gasteiger charge is 2.35. The smallest absolute Gasteiger partial charge is 0.224 e. The Morgan fingerprint density at radius 2 is 1.53 bits per heavy atom. The molecule has 0 radical (unpaired) electrons. The molecule has 19 heavy (non-hydrogen) atoms. The van der Waals surface area contributed by atoms with Crippen LogP contribution in [-0.2, 0) is 4.79 Å². The van der Waals surface area contributed by atoms with E-state index in [4.69, 9.17) is 0 Å². The molecule has 1 atom stereocenters. The van der Waals surface area contributed by atoms with Crippen LogP contribution in [0.5, 0.6) is 0 Å². The number of amides is 1. The van der Waals surface area contributed by atoms with E-state index in [9.17, 15) is 4.79 Å². The van der Waals surface area contributed by atoms with Gasteiger partial charge in [-0.15, -0.1) is 0 Å². The number of hydrogen-bond donors (Lipinski definition) is 2. The van der Waals surface area contributed by atoms with Gasteiger partial charge in [0.1, 0.15) is 0 Å². The number of rotatable bonds is 4. The van der Waals surface area contributed by atoms with E-state index in [2.05, 4.69) is 10.6 Å². The predicted octanol–water partition coefficient (Wildman–Crippen LogP) is 2.46. The summed E-state index contributed by atoms with van der Waals surface area (Å²) in [4.78, 5) is 12.4. The fourth-order valence-corrected chi connectivity index (χ4v) is 4.41. The Morgan fingerprint density at radius 1 is 0.947 bits per heavy atom. The normalized spacial score (nSPS) is 29.4. The van der Waals surface area contributed by atoms with Crippen LogP contribution < -0.4 is 10.6 Å². The fraction of sp³-hybridized carbons (Fsp3) is 0.938. The molecule has 1 heterocycles. The molecule has 2 aliphatic carbocycles. The maximum Gasteiger partial charge on any atom is 0.224 e. The second-order valence-electron chi connectivity index (χ2n) is 6.81. The third kappa shape index (κ3) is 3.13. The van der Waals surface area contributed by atoms with Crippen LogP contribution in [-0.4, -0.2) is 25.0 Å². The fourth-order valence-electron chi connectivity index (χ4n) is 4.41. The maximum absolute atomic E-state index is 12.4. The zero-order valence-electron chi connectivity index (χ0n) is 12.0. The molecule has 1 saturated heterocycles. The van der Waals surface area contributed by atoms with Gasteiger partial charge >= 0.3 is 0 Å². The van der Waals surface area contributed by atoms with Gasteiger partial charge in [-0.05, 0) is 50.5 Å². The third-order valence-corrected chi connectivity index (χ3v) is 5.56. The van der Waals surface area contributed by atoms with Crippen LogP contribution in [0.3, 0.4) is 0 Å². The summed E-state index contributed by atoms with van der Waals surface area (Å²) in [6.07, 6.45) is 11.9. The molecule has 0 aromatic rings. The van der Waals surface area contributed by atoms with Crippen molar-refractivity contribution < 1.29 is 4.79 Å². The van der Waals surface area contributed by atoms with Gasteiger partial charge in [0.15, 0.2) is 0 Å². The highest BCUT2D eigenvalue weighted by molar-refractivity contribution is 5.79. The summed E-state index contributed by atoms with van der Waals surface area (Å²) in [7, 11) is 0. The number of nitrogens with one attached hydrogen (secondary N) is 2. The van der Waals surface area contributed by atoms with E-state index in [-0.39, 0.29) is 5.92 Å². The number of carbonyl (C=O) groups excluding carboxylic acids is 1. The van der Waals surface area contributed by atoms with Crippen molar-refractivity contribution in [2.24, 2.45) is 17.8 Å². The SMILES string of the molecule is O=C(NC(C1CCCC1)C1CCCC1)[C@H]1CCNC1. The highest BCUT2D eigenvalue weighted by Crippen LogP contribution is 2.37. The minimum atomic E-state index is 0.227. The van der Waals surface area contributed by atoms with E-state index in [1.807, 2.05) is 0 Å².